The molecule has 0 saturated carbocycles. The van der Waals surface area contributed by atoms with E-state index in [0.29, 0.717) is 6.42 Å². The van der Waals surface area contributed by atoms with Gasteiger partial charge in [0.05, 0.1) is 13.7 Å². The monoisotopic (exact) mass is 256 g/mol. The molecule has 0 aliphatic heterocycles. The Kier molecular flexibility index (Phi) is 7.21. The first-order chi connectivity index (χ1) is 7.01. The molecule has 5 nitrogen and oxygen atoms in total. The molecule has 1 N–H and O–H groups in total. The summed E-state index contributed by atoms with van der Waals surface area (Å²) in [6.45, 7) is -0.0782. The molecule has 0 bridgehead atoms. The van der Waals surface area contributed by atoms with Gasteiger partial charge >= 0.3 is 40.0 Å². The van der Waals surface area contributed by atoms with Crippen LogP contribution in [0.5, 0.6) is 5.75 Å². The van der Waals surface area contributed by atoms with Crippen molar-refractivity contribution in [3.05, 3.63) is 29.8 Å². The summed E-state index contributed by atoms with van der Waals surface area (Å²) >= 11 is 0. The summed E-state index contributed by atoms with van der Waals surface area (Å²) in [5.74, 6) is 0.731. The second-order valence-corrected chi connectivity index (χ2v) is 3.94. The molecule has 7 heteroatoms. The summed E-state index contributed by atoms with van der Waals surface area (Å²) < 4.78 is 37.9. The number of benzene rings is 1. The summed E-state index contributed by atoms with van der Waals surface area (Å²) in [5, 5.41) is 0. The Morgan fingerprint density at radius 2 is 1.81 bits per heavy atom. The van der Waals surface area contributed by atoms with Gasteiger partial charge in [-0.05, 0) is 24.1 Å². The van der Waals surface area contributed by atoms with E-state index in [2.05, 4.69) is 4.18 Å². The van der Waals surface area contributed by atoms with Crippen molar-refractivity contribution in [2.45, 2.75) is 6.42 Å². The van der Waals surface area contributed by atoms with Gasteiger partial charge in [0.1, 0.15) is 5.75 Å². The zero-order chi connectivity index (χ0) is 11.3. The Morgan fingerprint density at radius 3 is 2.25 bits per heavy atom. The van der Waals surface area contributed by atoms with Crippen LogP contribution >= 0.6 is 0 Å². The molecule has 0 saturated heterocycles. The SMILES string of the molecule is COc1ccc(CCOS(=O)(=O)O)cc1.[NaH]. The molecule has 0 spiro atoms. The van der Waals surface area contributed by atoms with Crippen molar-refractivity contribution in [2.24, 2.45) is 0 Å². The van der Waals surface area contributed by atoms with Crippen LogP contribution in [-0.2, 0) is 21.0 Å². The minimum absolute atomic E-state index is 0. The predicted octanol–water partition coefficient (Wildman–Crippen LogP) is 0.409. The quantitative estimate of drug-likeness (QED) is 0.610. The van der Waals surface area contributed by atoms with Crippen LogP contribution in [0, 0.1) is 0 Å². The van der Waals surface area contributed by atoms with Crippen molar-refractivity contribution < 1.29 is 21.9 Å². The summed E-state index contributed by atoms with van der Waals surface area (Å²) in [7, 11) is -2.77. The van der Waals surface area contributed by atoms with Gasteiger partial charge in [-0.3, -0.25) is 4.55 Å². The molecule has 86 valence electrons. The Hall–Kier alpha value is -0.110. The van der Waals surface area contributed by atoms with E-state index in [1.54, 1.807) is 31.4 Å². The first-order valence-corrected chi connectivity index (χ1v) is 5.62. The van der Waals surface area contributed by atoms with Gasteiger partial charge in [-0.25, -0.2) is 4.18 Å². The fraction of sp³-hybridized carbons (Fsp3) is 0.333. The van der Waals surface area contributed by atoms with E-state index in [1.807, 2.05) is 0 Å². The van der Waals surface area contributed by atoms with Crippen LogP contribution in [0.1, 0.15) is 5.56 Å². The molecule has 1 rings (SSSR count). The van der Waals surface area contributed by atoms with E-state index in [4.69, 9.17) is 9.29 Å². The maximum atomic E-state index is 10.2. The van der Waals surface area contributed by atoms with Gasteiger partial charge < -0.3 is 4.74 Å². The summed E-state index contributed by atoms with van der Waals surface area (Å²) in [5.41, 5.74) is 0.902. The van der Waals surface area contributed by atoms with Gasteiger partial charge in [-0.2, -0.15) is 8.42 Å². The second-order valence-electron chi connectivity index (χ2n) is 2.85. The molecule has 0 aromatic heterocycles. The summed E-state index contributed by atoms with van der Waals surface area (Å²) in [4.78, 5) is 0. The molecule has 0 aliphatic carbocycles. The van der Waals surface area contributed by atoms with Crippen LogP contribution in [0.25, 0.3) is 0 Å². The van der Waals surface area contributed by atoms with Gasteiger partial charge in [0.25, 0.3) is 0 Å². The normalized spacial score (nSPS) is 10.6. The molecule has 0 unspecified atom stereocenters. The number of hydrogen-bond acceptors (Lipinski definition) is 4. The summed E-state index contributed by atoms with van der Waals surface area (Å²) in [6, 6.07) is 7.13. The molecular weight excluding hydrogens is 243 g/mol. The van der Waals surface area contributed by atoms with Gasteiger partial charge in [-0.1, -0.05) is 12.1 Å². The number of ether oxygens (including phenoxy) is 1. The zero-order valence-electron chi connectivity index (χ0n) is 8.21. The molecule has 0 atom stereocenters. The van der Waals surface area contributed by atoms with E-state index in [1.165, 1.54) is 0 Å². The van der Waals surface area contributed by atoms with E-state index < -0.39 is 10.4 Å². The van der Waals surface area contributed by atoms with Crippen molar-refractivity contribution in [1.29, 1.82) is 0 Å². The van der Waals surface area contributed by atoms with Gasteiger partial charge in [0.15, 0.2) is 0 Å². The number of rotatable bonds is 5. The first-order valence-electron chi connectivity index (χ1n) is 4.26. The molecule has 0 fully saturated rings. The standard InChI is InChI=1S/C9H12O5S.Na.H/c1-13-9-4-2-8(3-5-9)6-7-14-15(10,11)12;;/h2-5H,6-7H2,1H3,(H,10,11,12);;. The minimum atomic E-state index is -4.33. The van der Waals surface area contributed by atoms with Gasteiger partial charge in [-0.15, -0.1) is 0 Å². The Morgan fingerprint density at radius 1 is 1.25 bits per heavy atom. The van der Waals surface area contributed by atoms with Crippen molar-refractivity contribution in [1.82, 2.24) is 0 Å². The maximum absolute atomic E-state index is 10.2. The first kappa shape index (κ1) is 15.9. The van der Waals surface area contributed by atoms with Crippen LogP contribution in [0.15, 0.2) is 24.3 Å². The average Bonchev–Trinajstić information content (AvgIpc) is 2.17. The Labute approximate surface area is 117 Å². The fourth-order valence-corrected chi connectivity index (χ4v) is 1.35. The van der Waals surface area contributed by atoms with Crippen LogP contribution in [0.2, 0.25) is 0 Å². The second kappa shape index (κ2) is 7.26. The van der Waals surface area contributed by atoms with Crippen molar-refractivity contribution >= 4 is 40.0 Å². The van der Waals surface area contributed by atoms with Crippen molar-refractivity contribution in [3.8, 4) is 5.75 Å². The van der Waals surface area contributed by atoms with Gasteiger partial charge in [0.2, 0.25) is 0 Å². The van der Waals surface area contributed by atoms with E-state index in [0.717, 1.165) is 11.3 Å². The molecule has 0 heterocycles. The number of methoxy groups -OCH3 is 1. The average molecular weight is 256 g/mol. The molecule has 0 amide bonds. The van der Waals surface area contributed by atoms with E-state index in [-0.39, 0.29) is 36.2 Å². The third-order valence-corrected chi connectivity index (χ3v) is 2.25. The summed E-state index contributed by atoms with van der Waals surface area (Å²) in [6.07, 6.45) is 0.407. The van der Waals surface area contributed by atoms with E-state index in [9.17, 15) is 8.42 Å². The van der Waals surface area contributed by atoms with Crippen molar-refractivity contribution in [2.75, 3.05) is 13.7 Å². The third kappa shape index (κ3) is 6.47. The fourth-order valence-electron chi connectivity index (χ4n) is 1.06. The predicted molar refractivity (Wildman–Crippen MR) is 61.3 cm³/mol. The van der Waals surface area contributed by atoms with Crippen molar-refractivity contribution in [3.63, 3.8) is 0 Å². The Balaban J connectivity index is 0.00000225. The Bertz CT molecular complexity index is 400. The molecule has 16 heavy (non-hydrogen) atoms. The van der Waals surface area contributed by atoms with Gasteiger partial charge in [0, 0.05) is 0 Å². The molecule has 0 radical (unpaired) electrons. The molecular formula is C9H13NaO5S. The van der Waals surface area contributed by atoms with Crippen LogP contribution in [0.4, 0.5) is 0 Å². The molecule has 1 aromatic carbocycles. The van der Waals surface area contributed by atoms with Crippen LogP contribution in [-0.4, -0.2) is 56.2 Å². The van der Waals surface area contributed by atoms with Crippen LogP contribution < -0.4 is 4.74 Å². The van der Waals surface area contributed by atoms with Crippen LogP contribution in [0.3, 0.4) is 0 Å². The number of hydrogen-bond donors (Lipinski definition) is 1. The zero-order valence-corrected chi connectivity index (χ0v) is 9.03. The third-order valence-electron chi connectivity index (χ3n) is 1.78. The van der Waals surface area contributed by atoms with E-state index >= 15 is 0 Å². The molecule has 0 aliphatic rings. The molecule has 1 aromatic rings. The topological polar surface area (TPSA) is 72.8 Å².